The van der Waals surface area contributed by atoms with Crippen LogP contribution in [0.1, 0.15) is 45.4 Å². The number of hydrogen-bond donors (Lipinski definition) is 2. The molecule has 2 fully saturated rings. The summed E-state index contributed by atoms with van der Waals surface area (Å²) in [5, 5.41) is 12.3. The zero-order valence-corrected chi connectivity index (χ0v) is 12.8. The molecular weight excluding hydrogens is 272 g/mol. The number of nitrogens with zero attached hydrogens (tertiary/aromatic N) is 1. The summed E-state index contributed by atoms with van der Waals surface area (Å²) in [5.41, 5.74) is -0.650. The Kier molecular flexibility index (Phi) is 5.45. The molecule has 1 unspecified atom stereocenters. The maximum Gasteiger partial charge on any atom is 0.317 e. The molecule has 0 aromatic rings. The molecule has 0 aromatic carbocycles. The van der Waals surface area contributed by atoms with Crippen molar-refractivity contribution in [1.82, 2.24) is 10.2 Å². The SMILES string of the molecule is CCC1(C(=O)O)CCN(C(=O)NCC2CCCCO2)CC1. The van der Waals surface area contributed by atoms with Gasteiger partial charge < -0.3 is 20.1 Å². The molecule has 0 bridgehead atoms. The van der Waals surface area contributed by atoms with Crippen LogP contribution < -0.4 is 5.32 Å². The van der Waals surface area contributed by atoms with E-state index in [1.54, 1.807) is 4.90 Å². The van der Waals surface area contributed by atoms with E-state index in [-0.39, 0.29) is 12.1 Å². The van der Waals surface area contributed by atoms with Crippen LogP contribution in [0.5, 0.6) is 0 Å². The number of amides is 2. The third-order valence-electron chi connectivity index (χ3n) is 4.89. The molecule has 0 radical (unpaired) electrons. The molecule has 2 saturated heterocycles. The molecule has 0 spiro atoms. The van der Waals surface area contributed by atoms with Crippen molar-refractivity contribution in [3.63, 3.8) is 0 Å². The fraction of sp³-hybridized carbons (Fsp3) is 0.867. The summed E-state index contributed by atoms with van der Waals surface area (Å²) in [6, 6.07) is -0.0979. The maximum atomic E-state index is 12.1. The number of ether oxygens (including phenoxy) is 1. The van der Waals surface area contributed by atoms with E-state index in [9.17, 15) is 14.7 Å². The summed E-state index contributed by atoms with van der Waals surface area (Å²) in [7, 11) is 0. The van der Waals surface area contributed by atoms with Crippen molar-refractivity contribution in [2.75, 3.05) is 26.2 Å². The van der Waals surface area contributed by atoms with Crippen LogP contribution in [-0.2, 0) is 9.53 Å². The minimum atomic E-state index is -0.735. The van der Waals surface area contributed by atoms with Gasteiger partial charge in [-0.1, -0.05) is 6.92 Å². The van der Waals surface area contributed by atoms with E-state index in [1.165, 1.54) is 0 Å². The van der Waals surface area contributed by atoms with Crippen molar-refractivity contribution in [1.29, 1.82) is 0 Å². The zero-order chi connectivity index (χ0) is 15.3. The van der Waals surface area contributed by atoms with Crippen LogP contribution in [0.2, 0.25) is 0 Å². The topological polar surface area (TPSA) is 78.9 Å². The normalized spacial score (nSPS) is 25.4. The Balaban J connectivity index is 1.76. The molecule has 0 aliphatic carbocycles. The highest BCUT2D eigenvalue weighted by atomic mass is 16.5. The van der Waals surface area contributed by atoms with E-state index in [0.29, 0.717) is 38.9 Å². The smallest absolute Gasteiger partial charge is 0.317 e. The number of piperidine rings is 1. The summed E-state index contributed by atoms with van der Waals surface area (Å²) in [5.74, 6) is -0.735. The van der Waals surface area contributed by atoms with Crippen LogP contribution in [0.25, 0.3) is 0 Å². The molecule has 6 heteroatoms. The van der Waals surface area contributed by atoms with E-state index in [0.717, 1.165) is 25.9 Å². The Morgan fingerprint density at radius 3 is 2.57 bits per heavy atom. The highest BCUT2D eigenvalue weighted by Crippen LogP contribution is 2.35. The molecule has 2 rings (SSSR count). The summed E-state index contributed by atoms with van der Waals surface area (Å²) in [4.78, 5) is 25.2. The van der Waals surface area contributed by atoms with Crippen LogP contribution in [0.4, 0.5) is 4.79 Å². The Morgan fingerprint density at radius 1 is 1.33 bits per heavy atom. The molecular formula is C15H26N2O4. The summed E-state index contributed by atoms with van der Waals surface area (Å²) < 4.78 is 5.59. The lowest BCUT2D eigenvalue weighted by Crippen LogP contribution is -2.50. The number of urea groups is 1. The number of likely N-dealkylation sites (tertiary alicyclic amines) is 1. The van der Waals surface area contributed by atoms with Gasteiger partial charge in [0.05, 0.1) is 11.5 Å². The first-order valence-electron chi connectivity index (χ1n) is 7.95. The van der Waals surface area contributed by atoms with Gasteiger partial charge in [-0.3, -0.25) is 4.79 Å². The van der Waals surface area contributed by atoms with Gasteiger partial charge in [0.25, 0.3) is 0 Å². The standard InChI is InChI=1S/C15H26N2O4/c1-2-15(13(18)19)6-8-17(9-7-15)14(20)16-11-12-5-3-4-10-21-12/h12H,2-11H2,1H3,(H,16,20)(H,18,19). The van der Waals surface area contributed by atoms with Crippen LogP contribution in [0, 0.1) is 5.41 Å². The predicted octanol–water partition coefficient (Wildman–Crippen LogP) is 1.84. The van der Waals surface area contributed by atoms with E-state index in [2.05, 4.69) is 5.32 Å². The van der Waals surface area contributed by atoms with E-state index in [4.69, 9.17) is 4.74 Å². The average molecular weight is 298 g/mol. The second-order valence-electron chi connectivity index (χ2n) is 6.10. The first-order valence-corrected chi connectivity index (χ1v) is 7.95. The summed E-state index contributed by atoms with van der Waals surface area (Å²) >= 11 is 0. The number of carbonyl (C=O) groups is 2. The van der Waals surface area contributed by atoms with Crippen molar-refractivity contribution in [2.45, 2.75) is 51.6 Å². The Hall–Kier alpha value is -1.30. The van der Waals surface area contributed by atoms with Gasteiger partial charge in [0.1, 0.15) is 0 Å². The number of hydrogen-bond acceptors (Lipinski definition) is 3. The maximum absolute atomic E-state index is 12.1. The van der Waals surface area contributed by atoms with Crippen molar-refractivity contribution >= 4 is 12.0 Å². The molecule has 21 heavy (non-hydrogen) atoms. The molecule has 0 aromatic heterocycles. The number of nitrogens with one attached hydrogen (secondary N) is 1. The van der Waals surface area contributed by atoms with E-state index < -0.39 is 11.4 Å². The molecule has 2 aliphatic heterocycles. The highest BCUT2D eigenvalue weighted by molar-refractivity contribution is 5.77. The number of aliphatic carboxylic acids is 1. The highest BCUT2D eigenvalue weighted by Gasteiger charge is 2.40. The van der Waals surface area contributed by atoms with Crippen molar-refractivity contribution in [3.05, 3.63) is 0 Å². The zero-order valence-electron chi connectivity index (χ0n) is 12.8. The molecule has 2 heterocycles. The number of carbonyl (C=O) groups excluding carboxylic acids is 1. The third kappa shape index (κ3) is 3.87. The number of carboxylic acids is 1. The van der Waals surface area contributed by atoms with Crippen LogP contribution in [0.3, 0.4) is 0 Å². The fourth-order valence-corrected chi connectivity index (χ4v) is 3.14. The van der Waals surface area contributed by atoms with Crippen molar-refractivity contribution < 1.29 is 19.4 Å². The van der Waals surface area contributed by atoms with Gasteiger partial charge in [0, 0.05) is 26.2 Å². The Bertz CT molecular complexity index is 372. The predicted molar refractivity (Wildman–Crippen MR) is 78.2 cm³/mol. The second kappa shape index (κ2) is 7.11. The van der Waals surface area contributed by atoms with Gasteiger partial charge in [-0.15, -0.1) is 0 Å². The fourth-order valence-electron chi connectivity index (χ4n) is 3.14. The Morgan fingerprint density at radius 2 is 2.05 bits per heavy atom. The monoisotopic (exact) mass is 298 g/mol. The summed E-state index contributed by atoms with van der Waals surface area (Å²) in [6.07, 6.45) is 5.07. The first-order chi connectivity index (χ1) is 10.1. The molecule has 6 nitrogen and oxygen atoms in total. The second-order valence-corrected chi connectivity index (χ2v) is 6.10. The molecule has 0 saturated carbocycles. The lowest BCUT2D eigenvalue weighted by atomic mass is 9.76. The molecule has 2 aliphatic rings. The average Bonchev–Trinajstić information content (AvgIpc) is 2.53. The van der Waals surface area contributed by atoms with Crippen molar-refractivity contribution in [3.8, 4) is 0 Å². The van der Waals surface area contributed by atoms with Gasteiger partial charge >= 0.3 is 12.0 Å². The van der Waals surface area contributed by atoms with Crippen LogP contribution in [-0.4, -0.2) is 54.4 Å². The lowest BCUT2D eigenvalue weighted by Gasteiger charge is -2.38. The van der Waals surface area contributed by atoms with Gasteiger partial charge in [-0.05, 0) is 38.5 Å². The number of carboxylic acid groups (broad SMARTS) is 1. The first kappa shape index (κ1) is 16.1. The van der Waals surface area contributed by atoms with Gasteiger partial charge in [0.15, 0.2) is 0 Å². The molecule has 120 valence electrons. The third-order valence-corrected chi connectivity index (χ3v) is 4.89. The van der Waals surface area contributed by atoms with Gasteiger partial charge in [0.2, 0.25) is 0 Å². The van der Waals surface area contributed by atoms with E-state index in [1.807, 2.05) is 6.92 Å². The molecule has 1 atom stereocenters. The lowest BCUT2D eigenvalue weighted by molar-refractivity contribution is -0.151. The number of rotatable bonds is 4. The van der Waals surface area contributed by atoms with Crippen LogP contribution >= 0.6 is 0 Å². The molecule has 2 amide bonds. The quantitative estimate of drug-likeness (QED) is 0.830. The van der Waals surface area contributed by atoms with Crippen molar-refractivity contribution in [2.24, 2.45) is 5.41 Å². The van der Waals surface area contributed by atoms with Crippen LogP contribution in [0.15, 0.2) is 0 Å². The Labute approximate surface area is 125 Å². The van der Waals surface area contributed by atoms with Gasteiger partial charge in [-0.25, -0.2) is 4.79 Å². The van der Waals surface area contributed by atoms with E-state index >= 15 is 0 Å². The minimum absolute atomic E-state index is 0.0979. The molecule has 2 N–H and O–H groups in total. The minimum Gasteiger partial charge on any atom is -0.481 e. The van der Waals surface area contributed by atoms with Gasteiger partial charge in [-0.2, -0.15) is 0 Å². The summed E-state index contributed by atoms with van der Waals surface area (Å²) in [6.45, 7) is 4.26. The largest absolute Gasteiger partial charge is 0.481 e.